The lowest BCUT2D eigenvalue weighted by molar-refractivity contribution is -0.121. The molecule has 8 heteroatoms. The second kappa shape index (κ2) is 12.2. The molecule has 3 rings (SSSR count). The van der Waals surface area contributed by atoms with Crippen LogP contribution < -0.4 is 10.2 Å². The number of anilines is 2. The first kappa shape index (κ1) is 30.2. The van der Waals surface area contributed by atoms with Gasteiger partial charge in [-0.2, -0.15) is 0 Å². The van der Waals surface area contributed by atoms with E-state index in [9.17, 15) is 9.59 Å². The van der Waals surface area contributed by atoms with Crippen LogP contribution in [-0.4, -0.2) is 59.6 Å². The predicted molar refractivity (Wildman–Crippen MR) is 163 cm³/mol. The number of Topliss-reactive ketones (excluding diaryl/α,β-unsaturated/α-hetero) is 1. The van der Waals surface area contributed by atoms with Gasteiger partial charge in [0.2, 0.25) is 0 Å². The summed E-state index contributed by atoms with van der Waals surface area (Å²) in [6.07, 6.45) is 2.25. The van der Waals surface area contributed by atoms with Crippen molar-refractivity contribution in [1.29, 1.82) is 0 Å². The summed E-state index contributed by atoms with van der Waals surface area (Å²) in [6.45, 7) is 13.9. The summed E-state index contributed by atoms with van der Waals surface area (Å²) in [5, 5.41) is 3.98. The molecule has 1 N–H and O–H groups in total. The molecule has 1 atom stereocenters. The molecular formula is C30H41ClN4O2S. The predicted octanol–water partition coefficient (Wildman–Crippen LogP) is 6.97. The number of thioether (sulfide) groups is 1. The molecule has 38 heavy (non-hydrogen) atoms. The SMILES string of the molecule is Cc1cc(Cl)ccc1NC(=O)C(=Nc1ccc(N(C)CCCC2SC(C)(C)CN2C)cc1)C(=O)C(C)(C)C. The fourth-order valence-corrected chi connectivity index (χ4v) is 6.31. The highest BCUT2D eigenvalue weighted by Gasteiger charge is 2.35. The fraction of sp³-hybridized carbons (Fsp3) is 0.500. The van der Waals surface area contributed by atoms with Gasteiger partial charge < -0.3 is 10.2 Å². The zero-order valence-electron chi connectivity index (χ0n) is 23.9. The van der Waals surface area contributed by atoms with Gasteiger partial charge in [0, 0.05) is 46.7 Å². The molecule has 0 saturated carbocycles. The number of carbonyl (C=O) groups is 2. The lowest BCUT2D eigenvalue weighted by atomic mass is 9.87. The summed E-state index contributed by atoms with van der Waals surface area (Å²) in [5.74, 6) is -0.852. The molecule has 1 fully saturated rings. The minimum Gasteiger partial charge on any atom is -0.375 e. The van der Waals surface area contributed by atoms with Gasteiger partial charge in [-0.05, 0) is 88.7 Å². The third-order valence-corrected chi connectivity index (χ3v) is 8.47. The number of halogens is 1. The van der Waals surface area contributed by atoms with E-state index in [0.29, 0.717) is 26.5 Å². The monoisotopic (exact) mass is 556 g/mol. The van der Waals surface area contributed by atoms with Gasteiger partial charge in [0.1, 0.15) is 0 Å². The van der Waals surface area contributed by atoms with E-state index in [1.807, 2.05) is 31.2 Å². The zero-order valence-corrected chi connectivity index (χ0v) is 25.5. The standard InChI is InChI=1S/C30H41ClN4O2S/c1-20-18-21(31)11-16-24(20)33-28(37)26(27(36)29(2,3)4)32-22-12-14-23(15-13-22)34(7)17-9-10-25-35(8)19-30(5,6)38-25/h11-16,18,25H,9-10,17,19H2,1-8H3,(H,33,37). The maximum absolute atomic E-state index is 13.2. The smallest absolute Gasteiger partial charge is 0.278 e. The number of ketones is 1. The Morgan fingerprint density at radius 1 is 1.18 bits per heavy atom. The van der Waals surface area contributed by atoms with Crippen LogP contribution in [-0.2, 0) is 9.59 Å². The third-order valence-electron chi connectivity index (χ3n) is 6.60. The molecule has 2 aromatic carbocycles. The summed E-state index contributed by atoms with van der Waals surface area (Å²) in [6, 6.07) is 12.9. The normalized spacial score (nSPS) is 17.9. The number of aliphatic imine (C=N–C) groups is 1. The number of carbonyl (C=O) groups excluding carboxylic acids is 2. The highest BCUT2D eigenvalue weighted by molar-refractivity contribution is 8.01. The minimum atomic E-state index is -0.758. The summed E-state index contributed by atoms with van der Waals surface area (Å²) in [4.78, 5) is 35.6. The van der Waals surface area contributed by atoms with E-state index >= 15 is 0 Å². The van der Waals surface area contributed by atoms with Crippen LogP contribution >= 0.6 is 23.4 Å². The van der Waals surface area contributed by atoms with E-state index < -0.39 is 11.3 Å². The van der Waals surface area contributed by atoms with Crippen LogP contribution in [0.5, 0.6) is 0 Å². The average molecular weight is 557 g/mol. The number of hydrogen-bond donors (Lipinski definition) is 1. The van der Waals surface area contributed by atoms with Gasteiger partial charge in [-0.3, -0.25) is 14.5 Å². The van der Waals surface area contributed by atoms with E-state index in [4.69, 9.17) is 11.6 Å². The Balaban J connectivity index is 1.70. The molecule has 1 saturated heterocycles. The second-order valence-electron chi connectivity index (χ2n) is 11.8. The Morgan fingerprint density at radius 2 is 1.84 bits per heavy atom. The minimum absolute atomic E-state index is 0.117. The van der Waals surface area contributed by atoms with Crippen molar-refractivity contribution in [3.63, 3.8) is 0 Å². The van der Waals surface area contributed by atoms with Crippen molar-refractivity contribution in [3.05, 3.63) is 53.1 Å². The molecule has 206 valence electrons. The quantitative estimate of drug-likeness (QED) is 0.267. The number of nitrogens with zero attached hydrogens (tertiary/aromatic N) is 3. The van der Waals surface area contributed by atoms with Gasteiger partial charge >= 0.3 is 0 Å². The highest BCUT2D eigenvalue weighted by Crippen LogP contribution is 2.40. The van der Waals surface area contributed by atoms with E-state index in [2.05, 4.69) is 59.8 Å². The van der Waals surface area contributed by atoms with Gasteiger partial charge in [0.05, 0.1) is 11.1 Å². The molecule has 0 bridgehead atoms. The maximum Gasteiger partial charge on any atom is 0.278 e. The summed E-state index contributed by atoms with van der Waals surface area (Å²) < 4.78 is 0.319. The van der Waals surface area contributed by atoms with E-state index in [0.717, 1.165) is 37.2 Å². The molecule has 1 amide bonds. The molecule has 0 aromatic heterocycles. The molecule has 6 nitrogen and oxygen atoms in total. The summed E-state index contributed by atoms with van der Waals surface area (Å²) in [7, 11) is 4.30. The van der Waals surface area contributed by atoms with Gasteiger partial charge in [0.15, 0.2) is 11.5 Å². The third kappa shape index (κ3) is 8.08. The molecule has 1 aliphatic heterocycles. The number of aryl methyl sites for hydroxylation is 1. The molecule has 1 unspecified atom stereocenters. The van der Waals surface area contributed by atoms with Gasteiger partial charge in [-0.1, -0.05) is 32.4 Å². The topological polar surface area (TPSA) is 65.0 Å². The Hall–Kier alpha value is -2.35. The number of hydrogen-bond acceptors (Lipinski definition) is 6. The van der Waals surface area contributed by atoms with Gasteiger partial charge in [0.25, 0.3) is 5.91 Å². The summed E-state index contributed by atoms with van der Waals surface area (Å²) in [5.41, 5.74) is 2.16. The van der Waals surface area contributed by atoms with Crippen LogP contribution in [0.25, 0.3) is 0 Å². The van der Waals surface area contributed by atoms with E-state index in [-0.39, 0.29) is 11.5 Å². The Labute approximate surface area is 237 Å². The van der Waals surface area contributed by atoms with E-state index in [1.54, 1.807) is 39.0 Å². The first-order valence-electron chi connectivity index (χ1n) is 13.1. The van der Waals surface area contributed by atoms with Crippen molar-refractivity contribution in [2.75, 3.05) is 37.4 Å². The van der Waals surface area contributed by atoms with Crippen molar-refractivity contribution in [3.8, 4) is 0 Å². The Kier molecular flexibility index (Phi) is 9.71. The number of rotatable bonds is 9. The van der Waals surface area contributed by atoms with Crippen molar-refractivity contribution in [2.24, 2.45) is 10.4 Å². The highest BCUT2D eigenvalue weighted by atomic mass is 35.5. The molecule has 0 radical (unpaired) electrons. The van der Waals surface area contributed by atoms with Crippen LogP contribution in [0.1, 0.15) is 53.0 Å². The van der Waals surface area contributed by atoms with Crippen molar-refractivity contribution in [2.45, 2.75) is 64.5 Å². The van der Waals surface area contributed by atoms with Crippen molar-refractivity contribution < 1.29 is 9.59 Å². The van der Waals surface area contributed by atoms with Crippen molar-refractivity contribution in [1.82, 2.24) is 4.90 Å². The van der Waals surface area contributed by atoms with Crippen molar-refractivity contribution >= 4 is 57.8 Å². The van der Waals surface area contributed by atoms with Crippen LogP contribution in [0, 0.1) is 12.3 Å². The molecule has 0 aliphatic carbocycles. The number of nitrogens with one attached hydrogen (secondary N) is 1. The van der Waals surface area contributed by atoms with Crippen LogP contribution in [0.15, 0.2) is 47.5 Å². The first-order chi connectivity index (χ1) is 17.7. The lowest BCUT2D eigenvalue weighted by Gasteiger charge is -2.22. The molecule has 1 aliphatic rings. The molecule has 2 aromatic rings. The number of benzene rings is 2. The van der Waals surface area contributed by atoms with Crippen LogP contribution in [0.4, 0.5) is 17.1 Å². The largest absolute Gasteiger partial charge is 0.375 e. The van der Waals surface area contributed by atoms with Crippen LogP contribution in [0.2, 0.25) is 5.02 Å². The van der Waals surface area contributed by atoms with Crippen LogP contribution in [0.3, 0.4) is 0 Å². The maximum atomic E-state index is 13.2. The molecular weight excluding hydrogens is 516 g/mol. The number of amides is 1. The van der Waals surface area contributed by atoms with Gasteiger partial charge in [-0.25, -0.2) is 4.99 Å². The molecule has 0 spiro atoms. The second-order valence-corrected chi connectivity index (χ2v) is 14.1. The Morgan fingerprint density at radius 3 is 2.39 bits per heavy atom. The first-order valence-corrected chi connectivity index (χ1v) is 14.3. The Bertz CT molecular complexity index is 1190. The lowest BCUT2D eigenvalue weighted by Crippen LogP contribution is -2.37. The molecule has 1 heterocycles. The fourth-order valence-electron chi connectivity index (χ4n) is 4.53. The zero-order chi connectivity index (χ0) is 28.3. The van der Waals surface area contributed by atoms with E-state index in [1.165, 1.54) is 0 Å². The van der Waals surface area contributed by atoms with Gasteiger partial charge in [-0.15, -0.1) is 11.8 Å². The average Bonchev–Trinajstić information content (AvgIpc) is 3.09. The summed E-state index contributed by atoms with van der Waals surface area (Å²) >= 11 is 8.11.